The van der Waals surface area contributed by atoms with E-state index in [1.807, 2.05) is 36.0 Å². The highest BCUT2D eigenvalue weighted by Crippen LogP contribution is 2.48. The third kappa shape index (κ3) is 3.59. The first kappa shape index (κ1) is 18.4. The average Bonchev–Trinajstić information content (AvgIpc) is 2.70. The highest BCUT2D eigenvalue weighted by Gasteiger charge is 2.36. The molecule has 0 bridgehead atoms. The fraction of sp³-hybridized carbons (Fsp3) is 0.174. The monoisotopic (exact) mass is 361 g/mol. The van der Waals surface area contributed by atoms with Crippen molar-refractivity contribution in [3.8, 4) is 0 Å². The molecule has 0 atom stereocenters. The summed E-state index contributed by atoms with van der Waals surface area (Å²) in [6.45, 7) is 2.21. The first-order valence-electron chi connectivity index (χ1n) is 8.75. The molecule has 3 heteroatoms. The van der Waals surface area contributed by atoms with Gasteiger partial charge in [0.15, 0.2) is 5.78 Å². The van der Waals surface area contributed by atoms with Crippen LogP contribution in [-0.4, -0.2) is 18.1 Å². The van der Waals surface area contributed by atoms with Gasteiger partial charge in [-0.3, -0.25) is 4.79 Å². The maximum Gasteiger partial charge on any atom is 0.159 e. The molecule has 0 unspecified atom stereocenters. The van der Waals surface area contributed by atoms with Gasteiger partial charge in [-0.2, -0.15) is 0 Å². The van der Waals surface area contributed by atoms with Crippen LogP contribution in [0.2, 0.25) is 0 Å². The van der Waals surface area contributed by atoms with Crippen molar-refractivity contribution in [3.05, 3.63) is 107 Å². The van der Waals surface area contributed by atoms with E-state index in [2.05, 4.69) is 60.7 Å². The quantitative estimate of drug-likeness (QED) is 0.482. The zero-order valence-corrected chi connectivity index (χ0v) is 15.7. The van der Waals surface area contributed by atoms with Crippen LogP contribution in [0, 0.1) is 0 Å². The summed E-state index contributed by atoms with van der Waals surface area (Å²) in [4.78, 5) is 11.7. The molecule has 132 valence electrons. The van der Waals surface area contributed by atoms with Crippen LogP contribution >= 0.6 is 11.8 Å². The third-order valence-corrected chi connectivity index (χ3v) is 6.07. The van der Waals surface area contributed by atoms with E-state index in [4.69, 9.17) is 5.73 Å². The van der Waals surface area contributed by atoms with Gasteiger partial charge in [0.05, 0.1) is 4.75 Å². The molecule has 3 aromatic carbocycles. The molecule has 2 N–H and O–H groups in total. The molecule has 3 rings (SSSR count). The molecule has 0 saturated carbocycles. The van der Waals surface area contributed by atoms with Gasteiger partial charge in [-0.1, -0.05) is 84.9 Å². The SMILES string of the molecule is CC(=O)c1ccc(C(SCCN)(c2ccccc2)c2ccccc2)cc1. The lowest BCUT2D eigenvalue weighted by atomic mass is 9.83. The molecular weight excluding hydrogens is 338 g/mol. The van der Waals surface area contributed by atoms with Gasteiger partial charge in [0.25, 0.3) is 0 Å². The standard InChI is InChI=1S/C23H23NOS/c1-18(25)19-12-14-22(15-13-19)23(26-17-16-24,20-8-4-2-5-9-20)21-10-6-3-7-11-21/h2-15H,16-17,24H2,1H3. The van der Waals surface area contributed by atoms with Gasteiger partial charge >= 0.3 is 0 Å². The van der Waals surface area contributed by atoms with Crippen LogP contribution in [0.5, 0.6) is 0 Å². The normalized spacial score (nSPS) is 11.3. The molecule has 3 aromatic rings. The Bertz CT molecular complexity index is 805. The number of Topliss-reactive ketones (excluding diaryl/α,β-unsaturated/α-hetero) is 1. The first-order valence-corrected chi connectivity index (χ1v) is 9.73. The van der Waals surface area contributed by atoms with Crippen molar-refractivity contribution in [1.29, 1.82) is 0 Å². The number of rotatable bonds is 7. The number of thioether (sulfide) groups is 1. The van der Waals surface area contributed by atoms with Gasteiger partial charge in [0, 0.05) is 17.9 Å². The van der Waals surface area contributed by atoms with E-state index in [-0.39, 0.29) is 10.5 Å². The zero-order chi connectivity index (χ0) is 18.4. The van der Waals surface area contributed by atoms with Crippen LogP contribution < -0.4 is 5.73 Å². The summed E-state index contributed by atoms with van der Waals surface area (Å²) in [6.07, 6.45) is 0. The fourth-order valence-electron chi connectivity index (χ4n) is 3.25. The zero-order valence-electron chi connectivity index (χ0n) is 14.9. The van der Waals surface area contributed by atoms with Gasteiger partial charge in [0.2, 0.25) is 0 Å². The Morgan fingerprint density at radius 2 is 1.27 bits per heavy atom. The lowest BCUT2D eigenvalue weighted by Crippen LogP contribution is -2.27. The van der Waals surface area contributed by atoms with Gasteiger partial charge in [-0.25, -0.2) is 0 Å². The van der Waals surface area contributed by atoms with Crippen molar-refractivity contribution in [2.75, 3.05) is 12.3 Å². The molecule has 0 aliphatic carbocycles. The number of hydrogen-bond donors (Lipinski definition) is 1. The lowest BCUT2D eigenvalue weighted by Gasteiger charge is -2.35. The molecule has 0 aromatic heterocycles. The molecule has 0 amide bonds. The summed E-state index contributed by atoms with van der Waals surface area (Å²) in [6, 6.07) is 29.0. The van der Waals surface area contributed by atoms with Crippen molar-refractivity contribution in [3.63, 3.8) is 0 Å². The van der Waals surface area contributed by atoms with Crippen LogP contribution in [0.1, 0.15) is 34.0 Å². The Hall–Kier alpha value is -2.36. The minimum absolute atomic E-state index is 0.0798. The molecule has 26 heavy (non-hydrogen) atoms. The first-order chi connectivity index (χ1) is 12.7. The van der Waals surface area contributed by atoms with Crippen molar-refractivity contribution in [2.24, 2.45) is 5.73 Å². The van der Waals surface area contributed by atoms with E-state index in [9.17, 15) is 4.79 Å². The Labute approximate surface area is 159 Å². The van der Waals surface area contributed by atoms with Crippen molar-refractivity contribution >= 4 is 17.5 Å². The highest BCUT2D eigenvalue weighted by molar-refractivity contribution is 8.00. The van der Waals surface area contributed by atoms with Gasteiger partial charge in [0.1, 0.15) is 0 Å². The lowest BCUT2D eigenvalue weighted by molar-refractivity contribution is 0.101. The molecule has 0 spiro atoms. The van der Waals surface area contributed by atoms with E-state index in [1.165, 1.54) is 11.1 Å². The minimum atomic E-state index is -0.364. The third-order valence-electron chi connectivity index (χ3n) is 4.50. The Balaban J connectivity index is 2.24. The Morgan fingerprint density at radius 3 is 1.69 bits per heavy atom. The summed E-state index contributed by atoms with van der Waals surface area (Å²) in [5, 5.41) is 0. The van der Waals surface area contributed by atoms with E-state index in [0.29, 0.717) is 6.54 Å². The Kier molecular flexibility index (Phi) is 5.92. The summed E-state index contributed by atoms with van der Waals surface area (Å²) >= 11 is 1.83. The summed E-state index contributed by atoms with van der Waals surface area (Å²) in [5.74, 6) is 0.911. The smallest absolute Gasteiger partial charge is 0.159 e. The minimum Gasteiger partial charge on any atom is -0.330 e. The second-order valence-corrected chi connectivity index (χ2v) is 7.49. The number of carbonyl (C=O) groups is 1. The van der Waals surface area contributed by atoms with Crippen molar-refractivity contribution < 1.29 is 4.79 Å². The summed E-state index contributed by atoms with van der Waals surface area (Å²) in [7, 11) is 0. The summed E-state index contributed by atoms with van der Waals surface area (Å²) < 4.78 is -0.364. The largest absolute Gasteiger partial charge is 0.330 e. The van der Waals surface area contributed by atoms with E-state index < -0.39 is 0 Å². The fourth-order valence-corrected chi connectivity index (χ4v) is 4.58. The highest BCUT2D eigenvalue weighted by atomic mass is 32.2. The predicted molar refractivity (Wildman–Crippen MR) is 111 cm³/mol. The summed E-state index contributed by atoms with van der Waals surface area (Å²) in [5.41, 5.74) is 10.2. The van der Waals surface area contributed by atoms with E-state index in [0.717, 1.165) is 16.9 Å². The van der Waals surface area contributed by atoms with Gasteiger partial charge in [-0.05, 0) is 23.6 Å². The van der Waals surface area contributed by atoms with Crippen LogP contribution in [0.4, 0.5) is 0 Å². The van der Waals surface area contributed by atoms with E-state index >= 15 is 0 Å². The number of benzene rings is 3. The van der Waals surface area contributed by atoms with Crippen LogP contribution in [-0.2, 0) is 4.75 Å². The molecule has 0 aliphatic rings. The number of nitrogens with two attached hydrogens (primary N) is 1. The molecule has 0 radical (unpaired) electrons. The predicted octanol–water partition coefficient (Wildman–Crippen LogP) is 4.87. The maximum atomic E-state index is 11.7. The van der Waals surface area contributed by atoms with Crippen LogP contribution in [0.3, 0.4) is 0 Å². The maximum absolute atomic E-state index is 11.7. The van der Waals surface area contributed by atoms with Crippen molar-refractivity contribution in [1.82, 2.24) is 0 Å². The second-order valence-electron chi connectivity index (χ2n) is 6.18. The molecule has 0 fully saturated rings. The molecule has 2 nitrogen and oxygen atoms in total. The molecule has 0 aliphatic heterocycles. The number of hydrogen-bond acceptors (Lipinski definition) is 3. The topological polar surface area (TPSA) is 43.1 Å². The van der Waals surface area contributed by atoms with Crippen molar-refractivity contribution in [2.45, 2.75) is 11.7 Å². The van der Waals surface area contributed by atoms with Crippen LogP contribution in [0.25, 0.3) is 0 Å². The number of ketones is 1. The average molecular weight is 362 g/mol. The van der Waals surface area contributed by atoms with Gasteiger partial charge in [-0.15, -0.1) is 11.8 Å². The number of carbonyl (C=O) groups excluding carboxylic acids is 1. The molecule has 0 saturated heterocycles. The van der Waals surface area contributed by atoms with E-state index in [1.54, 1.807) is 6.92 Å². The second kappa shape index (κ2) is 8.35. The van der Waals surface area contributed by atoms with Crippen LogP contribution in [0.15, 0.2) is 84.9 Å². The Morgan fingerprint density at radius 1 is 0.808 bits per heavy atom. The molecule has 0 heterocycles. The molecular formula is C23H23NOS. The van der Waals surface area contributed by atoms with Gasteiger partial charge < -0.3 is 5.73 Å².